The zero-order chi connectivity index (χ0) is 24.8. The van der Waals surface area contributed by atoms with Crippen LogP contribution < -0.4 is 15.4 Å². The monoisotopic (exact) mass is 469 g/mol. The molecule has 2 unspecified atom stereocenters. The molecule has 3 N–H and O–H groups in total. The van der Waals surface area contributed by atoms with E-state index in [1.807, 2.05) is 79.9 Å². The van der Waals surface area contributed by atoms with E-state index in [4.69, 9.17) is 4.74 Å². The second-order valence-electron chi connectivity index (χ2n) is 8.79. The molecule has 1 aromatic heterocycles. The highest BCUT2D eigenvalue weighted by molar-refractivity contribution is 5.84. The first-order chi connectivity index (χ1) is 16.9. The lowest BCUT2D eigenvalue weighted by atomic mass is 9.90. The number of H-pyrrole nitrogens is 1. The van der Waals surface area contributed by atoms with Gasteiger partial charge >= 0.3 is 0 Å². The number of para-hydroxylation sites is 1. The van der Waals surface area contributed by atoms with Crippen molar-refractivity contribution < 1.29 is 14.3 Å². The first-order valence-electron chi connectivity index (χ1n) is 11.7. The van der Waals surface area contributed by atoms with Gasteiger partial charge in [0.25, 0.3) is 0 Å². The number of carbonyl (C=O) groups excluding carboxylic acids is 2. The van der Waals surface area contributed by atoms with Crippen molar-refractivity contribution in [2.45, 2.75) is 32.2 Å². The molecule has 6 nitrogen and oxygen atoms in total. The molecular weight excluding hydrogens is 438 g/mol. The molecule has 0 saturated heterocycles. The largest absolute Gasteiger partial charge is 0.497 e. The molecule has 2 atom stereocenters. The van der Waals surface area contributed by atoms with Gasteiger partial charge in [0.2, 0.25) is 11.8 Å². The van der Waals surface area contributed by atoms with Gasteiger partial charge in [0.05, 0.1) is 19.6 Å². The van der Waals surface area contributed by atoms with Crippen LogP contribution in [0.5, 0.6) is 5.75 Å². The summed E-state index contributed by atoms with van der Waals surface area (Å²) >= 11 is 0. The molecule has 2 amide bonds. The lowest BCUT2D eigenvalue weighted by molar-refractivity contribution is -0.122. The second kappa shape index (κ2) is 10.9. The molecular formula is C29H31N3O3. The number of aryl methyl sites for hydroxylation is 1. The molecule has 0 radical (unpaired) electrons. The Bertz CT molecular complexity index is 1290. The first-order valence-corrected chi connectivity index (χ1v) is 11.7. The van der Waals surface area contributed by atoms with E-state index >= 15 is 0 Å². The van der Waals surface area contributed by atoms with Crippen molar-refractivity contribution in [1.82, 2.24) is 15.6 Å². The van der Waals surface area contributed by atoms with Gasteiger partial charge in [-0.05, 0) is 41.8 Å². The molecule has 0 aliphatic rings. The Morgan fingerprint density at radius 1 is 0.943 bits per heavy atom. The van der Waals surface area contributed by atoms with Crippen LogP contribution in [0.2, 0.25) is 0 Å². The number of hydrogen-bond donors (Lipinski definition) is 3. The van der Waals surface area contributed by atoms with E-state index in [0.29, 0.717) is 6.54 Å². The Morgan fingerprint density at radius 3 is 2.31 bits per heavy atom. The summed E-state index contributed by atoms with van der Waals surface area (Å²) < 4.78 is 5.32. The number of methoxy groups -OCH3 is 1. The van der Waals surface area contributed by atoms with Crippen LogP contribution in [0, 0.1) is 6.92 Å². The molecule has 0 saturated carbocycles. The maximum absolute atomic E-state index is 13.1. The number of benzene rings is 3. The molecule has 6 heteroatoms. The first kappa shape index (κ1) is 24.1. The minimum atomic E-state index is -0.388. The Hall–Kier alpha value is -4.06. The number of amides is 2. The van der Waals surface area contributed by atoms with Crippen LogP contribution in [0.1, 0.15) is 47.6 Å². The van der Waals surface area contributed by atoms with Gasteiger partial charge in [-0.3, -0.25) is 9.59 Å². The van der Waals surface area contributed by atoms with Crippen LogP contribution in [0.4, 0.5) is 0 Å². The minimum absolute atomic E-state index is 0.0559. The molecule has 1 heterocycles. The molecule has 35 heavy (non-hydrogen) atoms. The highest BCUT2D eigenvalue weighted by Gasteiger charge is 2.21. The fourth-order valence-electron chi connectivity index (χ4n) is 4.40. The number of rotatable bonds is 9. The SMILES string of the molecule is COc1ccc(C(CNC(=O)CC(NC(C)=O)c2ccc(C)cc2)c2c[nH]c3ccccc23)cc1. The van der Waals surface area contributed by atoms with E-state index in [-0.39, 0.29) is 30.2 Å². The molecule has 4 rings (SSSR count). The molecule has 0 bridgehead atoms. The van der Waals surface area contributed by atoms with Crippen LogP contribution in [-0.4, -0.2) is 30.5 Å². The highest BCUT2D eigenvalue weighted by Crippen LogP contribution is 2.31. The topological polar surface area (TPSA) is 83.2 Å². The number of ether oxygens (including phenoxy) is 1. The highest BCUT2D eigenvalue weighted by atomic mass is 16.5. The quantitative estimate of drug-likeness (QED) is 0.323. The molecule has 180 valence electrons. The van der Waals surface area contributed by atoms with Crippen LogP contribution in [0.25, 0.3) is 10.9 Å². The van der Waals surface area contributed by atoms with Crippen molar-refractivity contribution >= 4 is 22.7 Å². The molecule has 3 aromatic carbocycles. The summed E-state index contributed by atoms with van der Waals surface area (Å²) in [6.07, 6.45) is 2.17. The zero-order valence-electron chi connectivity index (χ0n) is 20.3. The zero-order valence-corrected chi connectivity index (χ0v) is 20.3. The smallest absolute Gasteiger partial charge is 0.222 e. The van der Waals surface area contributed by atoms with Crippen molar-refractivity contribution in [1.29, 1.82) is 0 Å². The molecule has 0 aliphatic heterocycles. The van der Waals surface area contributed by atoms with Gasteiger partial charge in [0, 0.05) is 36.5 Å². The summed E-state index contributed by atoms with van der Waals surface area (Å²) in [6.45, 7) is 3.90. The fourth-order valence-corrected chi connectivity index (χ4v) is 4.40. The van der Waals surface area contributed by atoms with Gasteiger partial charge in [0.1, 0.15) is 5.75 Å². The van der Waals surface area contributed by atoms with Crippen LogP contribution in [-0.2, 0) is 9.59 Å². The maximum atomic E-state index is 13.1. The molecule has 0 fully saturated rings. The van der Waals surface area contributed by atoms with Crippen molar-refractivity contribution in [2.24, 2.45) is 0 Å². The number of hydrogen-bond acceptors (Lipinski definition) is 3. The van der Waals surface area contributed by atoms with Crippen LogP contribution in [0.3, 0.4) is 0 Å². The second-order valence-corrected chi connectivity index (χ2v) is 8.79. The van der Waals surface area contributed by atoms with Gasteiger partial charge in [-0.25, -0.2) is 0 Å². The summed E-state index contributed by atoms with van der Waals surface area (Å²) in [4.78, 5) is 28.2. The number of carbonyl (C=O) groups is 2. The Labute approximate surface area is 205 Å². The number of aromatic nitrogens is 1. The van der Waals surface area contributed by atoms with E-state index in [2.05, 4.69) is 21.7 Å². The van der Waals surface area contributed by atoms with Gasteiger partial charge < -0.3 is 20.4 Å². The third-order valence-electron chi connectivity index (χ3n) is 6.26. The average Bonchev–Trinajstić information content (AvgIpc) is 3.28. The van der Waals surface area contributed by atoms with E-state index in [1.165, 1.54) is 6.92 Å². The third-order valence-corrected chi connectivity index (χ3v) is 6.26. The van der Waals surface area contributed by atoms with Crippen molar-refractivity contribution in [2.75, 3.05) is 13.7 Å². The minimum Gasteiger partial charge on any atom is -0.497 e. The molecule has 0 aliphatic carbocycles. The maximum Gasteiger partial charge on any atom is 0.222 e. The van der Waals surface area contributed by atoms with Gasteiger partial charge in [-0.1, -0.05) is 60.2 Å². The molecule has 4 aromatic rings. The van der Waals surface area contributed by atoms with Crippen molar-refractivity contribution in [3.05, 3.63) is 101 Å². The number of nitrogens with one attached hydrogen (secondary N) is 3. The predicted octanol–water partition coefficient (Wildman–Crippen LogP) is 5.00. The molecule has 0 spiro atoms. The average molecular weight is 470 g/mol. The van der Waals surface area contributed by atoms with E-state index in [0.717, 1.165) is 38.9 Å². The van der Waals surface area contributed by atoms with Crippen molar-refractivity contribution in [3.8, 4) is 5.75 Å². The number of aromatic amines is 1. The number of fused-ring (bicyclic) bond motifs is 1. The van der Waals surface area contributed by atoms with E-state index in [1.54, 1.807) is 7.11 Å². The van der Waals surface area contributed by atoms with E-state index in [9.17, 15) is 9.59 Å². The van der Waals surface area contributed by atoms with Crippen LogP contribution >= 0.6 is 0 Å². The predicted molar refractivity (Wildman–Crippen MR) is 138 cm³/mol. The Morgan fingerprint density at radius 2 is 1.63 bits per heavy atom. The van der Waals surface area contributed by atoms with Crippen molar-refractivity contribution in [3.63, 3.8) is 0 Å². The van der Waals surface area contributed by atoms with Gasteiger partial charge in [-0.2, -0.15) is 0 Å². The Kier molecular flexibility index (Phi) is 7.51. The summed E-state index contributed by atoms with van der Waals surface area (Å²) in [6, 6.07) is 23.6. The summed E-state index contributed by atoms with van der Waals surface area (Å²) in [5.41, 5.74) is 5.28. The van der Waals surface area contributed by atoms with E-state index < -0.39 is 0 Å². The summed E-state index contributed by atoms with van der Waals surface area (Å²) in [7, 11) is 1.64. The lowest BCUT2D eigenvalue weighted by Gasteiger charge is -2.21. The Balaban J connectivity index is 1.55. The third kappa shape index (κ3) is 5.90. The standard InChI is InChI=1S/C29H31N3O3/c1-19-8-10-22(11-9-19)28(32-20(2)33)16-29(34)31-17-25(21-12-14-23(35-3)15-13-21)26-18-30-27-7-5-4-6-24(26)27/h4-15,18,25,28,30H,16-17H2,1-3H3,(H,31,34)(H,32,33). The summed E-state index contributed by atoms with van der Waals surface area (Å²) in [5, 5.41) is 7.15. The normalized spacial score (nSPS) is 12.7. The van der Waals surface area contributed by atoms with Gasteiger partial charge in [0.15, 0.2) is 0 Å². The van der Waals surface area contributed by atoms with Gasteiger partial charge in [-0.15, -0.1) is 0 Å². The summed E-state index contributed by atoms with van der Waals surface area (Å²) in [5.74, 6) is 0.437. The van der Waals surface area contributed by atoms with Crippen LogP contribution in [0.15, 0.2) is 79.0 Å². The fraction of sp³-hybridized carbons (Fsp3) is 0.241. The lowest BCUT2D eigenvalue weighted by Crippen LogP contribution is -2.34.